The Bertz CT molecular complexity index is 826. The second-order valence-corrected chi connectivity index (χ2v) is 8.25. The van der Waals surface area contributed by atoms with E-state index < -0.39 is 11.6 Å². The number of rotatable bonds is 5. The van der Waals surface area contributed by atoms with Crippen LogP contribution in [0.15, 0.2) is 30.6 Å². The Balaban J connectivity index is 1.35. The van der Waals surface area contributed by atoms with Crippen LogP contribution in [0.1, 0.15) is 31.2 Å². The molecule has 7 heteroatoms. The smallest absolute Gasteiger partial charge is 0.159 e. The first-order valence-electron chi connectivity index (χ1n) is 10.5. The summed E-state index contributed by atoms with van der Waals surface area (Å²) in [4.78, 5) is 13.4. The van der Waals surface area contributed by atoms with Crippen LogP contribution < -0.4 is 9.80 Å². The summed E-state index contributed by atoms with van der Waals surface area (Å²) in [5.74, 6) is 1.08. The lowest BCUT2D eigenvalue weighted by Crippen LogP contribution is -2.38. The van der Waals surface area contributed by atoms with Crippen LogP contribution in [-0.2, 0) is 6.42 Å². The predicted molar refractivity (Wildman–Crippen MR) is 109 cm³/mol. The van der Waals surface area contributed by atoms with E-state index in [0.29, 0.717) is 11.8 Å². The van der Waals surface area contributed by atoms with Crippen molar-refractivity contribution in [3.8, 4) is 0 Å². The van der Waals surface area contributed by atoms with Gasteiger partial charge in [0.05, 0.1) is 0 Å². The molecule has 2 saturated heterocycles. The van der Waals surface area contributed by atoms with Crippen molar-refractivity contribution >= 4 is 11.6 Å². The van der Waals surface area contributed by atoms with Gasteiger partial charge in [-0.05, 0) is 61.6 Å². The molecule has 2 aliphatic heterocycles. The van der Waals surface area contributed by atoms with Gasteiger partial charge in [0.1, 0.15) is 18.0 Å². The summed E-state index contributed by atoms with van der Waals surface area (Å²) in [5, 5.41) is 9.47. The molecule has 4 rings (SSSR count). The number of benzene rings is 1. The topological polar surface area (TPSA) is 52.5 Å². The third kappa shape index (κ3) is 4.83. The lowest BCUT2D eigenvalue weighted by atomic mass is 9.90. The minimum absolute atomic E-state index is 0.222. The third-order valence-corrected chi connectivity index (χ3v) is 6.19. The van der Waals surface area contributed by atoms with Gasteiger partial charge >= 0.3 is 0 Å². The molecule has 1 N–H and O–H groups in total. The van der Waals surface area contributed by atoms with Crippen molar-refractivity contribution in [2.45, 2.75) is 32.1 Å². The highest BCUT2D eigenvalue weighted by Gasteiger charge is 2.24. The number of aliphatic hydroxyl groups excluding tert-OH is 1. The number of piperidine rings is 2. The largest absolute Gasteiger partial charge is 0.396 e. The maximum Gasteiger partial charge on any atom is 0.159 e. The second-order valence-electron chi connectivity index (χ2n) is 8.25. The van der Waals surface area contributed by atoms with Gasteiger partial charge in [0.25, 0.3) is 0 Å². The number of aromatic nitrogens is 2. The van der Waals surface area contributed by atoms with Gasteiger partial charge in [-0.2, -0.15) is 0 Å². The van der Waals surface area contributed by atoms with Gasteiger partial charge in [-0.15, -0.1) is 0 Å². The Morgan fingerprint density at radius 2 is 1.66 bits per heavy atom. The van der Waals surface area contributed by atoms with E-state index in [9.17, 15) is 13.9 Å². The Hall–Kier alpha value is -2.28. The number of hydrogen-bond donors (Lipinski definition) is 1. The predicted octanol–water partition coefficient (Wildman–Crippen LogP) is 3.42. The fourth-order valence-corrected chi connectivity index (χ4v) is 4.47. The van der Waals surface area contributed by atoms with Crippen molar-refractivity contribution in [2.75, 3.05) is 42.6 Å². The van der Waals surface area contributed by atoms with E-state index in [1.807, 2.05) is 0 Å². The average molecular weight is 402 g/mol. The zero-order valence-electron chi connectivity index (χ0n) is 16.6. The molecule has 0 spiro atoms. The number of aliphatic hydroxyl groups is 1. The minimum Gasteiger partial charge on any atom is -0.396 e. The summed E-state index contributed by atoms with van der Waals surface area (Å²) in [6, 6.07) is 6.26. The Kier molecular flexibility index (Phi) is 6.23. The van der Waals surface area contributed by atoms with Crippen LogP contribution in [-0.4, -0.2) is 47.9 Å². The molecule has 5 nitrogen and oxygen atoms in total. The average Bonchev–Trinajstić information content (AvgIpc) is 2.77. The Labute approximate surface area is 170 Å². The molecule has 0 aliphatic carbocycles. The first-order chi connectivity index (χ1) is 14.1. The van der Waals surface area contributed by atoms with Crippen molar-refractivity contribution in [3.63, 3.8) is 0 Å². The van der Waals surface area contributed by atoms with Crippen LogP contribution in [0.5, 0.6) is 0 Å². The van der Waals surface area contributed by atoms with Crippen molar-refractivity contribution < 1.29 is 13.9 Å². The summed E-state index contributed by atoms with van der Waals surface area (Å²) in [5.41, 5.74) is 0.857. The molecule has 156 valence electrons. The number of halogens is 2. The lowest BCUT2D eigenvalue weighted by Gasteiger charge is -2.35. The first-order valence-corrected chi connectivity index (χ1v) is 10.5. The number of hydrogen-bond acceptors (Lipinski definition) is 5. The van der Waals surface area contributed by atoms with E-state index in [1.165, 1.54) is 12.1 Å². The van der Waals surface area contributed by atoms with Crippen LogP contribution in [0.3, 0.4) is 0 Å². The maximum absolute atomic E-state index is 13.4. The molecular formula is C22H28F2N4O. The molecule has 0 bridgehead atoms. The SMILES string of the molecule is OCC1CCCN(c2cc(N3CCC(Cc4ccc(F)c(F)c4)CC3)ncn2)C1. The van der Waals surface area contributed by atoms with E-state index in [-0.39, 0.29) is 6.61 Å². The van der Waals surface area contributed by atoms with Crippen molar-refractivity contribution in [2.24, 2.45) is 11.8 Å². The fraction of sp³-hybridized carbons (Fsp3) is 0.545. The zero-order chi connectivity index (χ0) is 20.2. The molecule has 1 aromatic heterocycles. The van der Waals surface area contributed by atoms with E-state index in [1.54, 1.807) is 12.4 Å². The van der Waals surface area contributed by atoms with Gasteiger partial charge in [0.15, 0.2) is 11.6 Å². The quantitative estimate of drug-likeness (QED) is 0.831. The van der Waals surface area contributed by atoms with Gasteiger partial charge in [-0.3, -0.25) is 0 Å². The monoisotopic (exact) mass is 402 g/mol. The summed E-state index contributed by atoms with van der Waals surface area (Å²) >= 11 is 0. The van der Waals surface area contributed by atoms with E-state index in [2.05, 4.69) is 25.8 Å². The first kappa shape index (κ1) is 20.0. The van der Waals surface area contributed by atoms with Gasteiger partial charge < -0.3 is 14.9 Å². The molecule has 1 aromatic carbocycles. The fourth-order valence-electron chi connectivity index (χ4n) is 4.47. The second kappa shape index (κ2) is 9.03. The molecule has 0 radical (unpaired) electrons. The molecule has 0 saturated carbocycles. The molecule has 2 aromatic rings. The van der Waals surface area contributed by atoms with Gasteiger partial charge in [0, 0.05) is 38.9 Å². The molecule has 3 heterocycles. The molecule has 29 heavy (non-hydrogen) atoms. The van der Waals surface area contributed by atoms with Gasteiger partial charge in [-0.1, -0.05) is 6.07 Å². The molecular weight excluding hydrogens is 374 g/mol. The van der Waals surface area contributed by atoms with Crippen LogP contribution in [0.2, 0.25) is 0 Å². The summed E-state index contributed by atoms with van der Waals surface area (Å²) in [7, 11) is 0. The number of anilines is 2. The van der Waals surface area contributed by atoms with E-state index in [4.69, 9.17) is 0 Å². The summed E-state index contributed by atoms with van der Waals surface area (Å²) in [6.07, 6.45) is 6.52. The van der Waals surface area contributed by atoms with Crippen molar-refractivity contribution in [1.82, 2.24) is 9.97 Å². The Morgan fingerprint density at radius 1 is 0.897 bits per heavy atom. The molecule has 1 atom stereocenters. The standard InChI is InChI=1S/C22H28F2N4O/c23-19-4-3-17(11-20(19)24)10-16-5-8-27(9-6-16)21-12-22(26-15-25-21)28-7-1-2-18(13-28)14-29/h3-4,11-12,15-16,18,29H,1-2,5-10,13-14H2. The van der Waals surface area contributed by atoms with E-state index >= 15 is 0 Å². The lowest BCUT2D eigenvalue weighted by molar-refractivity contribution is 0.208. The molecule has 1 unspecified atom stereocenters. The van der Waals surface area contributed by atoms with E-state index in [0.717, 1.165) is 75.5 Å². The van der Waals surface area contributed by atoms with Gasteiger partial charge in [0.2, 0.25) is 0 Å². The van der Waals surface area contributed by atoms with Crippen molar-refractivity contribution in [1.29, 1.82) is 0 Å². The Morgan fingerprint density at radius 3 is 2.38 bits per heavy atom. The summed E-state index contributed by atoms with van der Waals surface area (Å²) in [6.45, 7) is 3.81. The normalized spacial score (nSPS) is 20.9. The van der Waals surface area contributed by atoms with Crippen molar-refractivity contribution in [3.05, 3.63) is 47.8 Å². The van der Waals surface area contributed by atoms with Gasteiger partial charge in [-0.25, -0.2) is 18.7 Å². The highest BCUT2D eigenvalue weighted by atomic mass is 19.2. The molecule has 2 aliphatic rings. The van der Waals surface area contributed by atoms with Crippen LogP contribution in [0, 0.1) is 23.5 Å². The van der Waals surface area contributed by atoms with Crippen LogP contribution in [0.25, 0.3) is 0 Å². The third-order valence-electron chi connectivity index (χ3n) is 6.19. The highest BCUT2D eigenvalue weighted by molar-refractivity contribution is 5.50. The highest BCUT2D eigenvalue weighted by Crippen LogP contribution is 2.28. The van der Waals surface area contributed by atoms with Crippen LogP contribution >= 0.6 is 0 Å². The molecule has 2 fully saturated rings. The number of nitrogens with zero attached hydrogens (tertiary/aromatic N) is 4. The zero-order valence-corrected chi connectivity index (χ0v) is 16.6. The minimum atomic E-state index is -0.790. The maximum atomic E-state index is 13.4. The molecule has 0 amide bonds. The summed E-state index contributed by atoms with van der Waals surface area (Å²) < 4.78 is 26.6. The van der Waals surface area contributed by atoms with Crippen LogP contribution in [0.4, 0.5) is 20.4 Å².